The van der Waals surface area contributed by atoms with Crippen molar-refractivity contribution in [3.63, 3.8) is 0 Å². The van der Waals surface area contributed by atoms with Crippen LogP contribution in [0.25, 0.3) is 0 Å². The zero-order valence-electron chi connectivity index (χ0n) is 9.80. The summed E-state index contributed by atoms with van der Waals surface area (Å²) < 4.78 is 0. The molecule has 0 bridgehead atoms. The van der Waals surface area contributed by atoms with Gasteiger partial charge in [-0.05, 0) is 6.42 Å². The summed E-state index contributed by atoms with van der Waals surface area (Å²) in [5, 5.41) is 21.1. The van der Waals surface area contributed by atoms with Crippen LogP contribution >= 0.6 is 0 Å². The maximum absolute atomic E-state index is 11.9. The average molecular weight is 242 g/mol. The molecule has 3 N–H and O–H groups in total. The fourth-order valence-electron chi connectivity index (χ4n) is 2.34. The highest BCUT2D eigenvalue weighted by Crippen LogP contribution is 2.25. The Morgan fingerprint density at radius 2 is 2.06 bits per heavy atom. The van der Waals surface area contributed by atoms with Crippen LogP contribution in [-0.4, -0.2) is 58.8 Å². The van der Waals surface area contributed by atoms with Gasteiger partial charge in [0, 0.05) is 25.6 Å². The number of carboxylic acid groups (broad SMARTS) is 1. The number of aliphatic hydroxyl groups is 1. The van der Waals surface area contributed by atoms with Crippen molar-refractivity contribution in [2.75, 3.05) is 19.6 Å². The quantitative estimate of drug-likeness (QED) is 0.584. The van der Waals surface area contributed by atoms with Crippen LogP contribution in [0.2, 0.25) is 0 Å². The molecule has 2 aliphatic rings. The fourth-order valence-corrected chi connectivity index (χ4v) is 2.34. The molecule has 2 rings (SSSR count). The van der Waals surface area contributed by atoms with E-state index in [1.165, 1.54) is 0 Å². The normalized spacial score (nSPS) is 31.1. The minimum absolute atomic E-state index is 0.0182. The molecular formula is C11H18N2O4. The molecule has 2 fully saturated rings. The molecular weight excluding hydrogens is 224 g/mol. The van der Waals surface area contributed by atoms with E-state index in [-0.39, 0.29) is 17.9 Å². The molecule has 3 unspecified atom stereocenters. The van der Waals surface area contributed by atoms with Crippen LogP contribution < -0.4 is 5.32 Å². The number of nitrogens with zero attached hydrogens (tertiary/aromatic N) is 1. The summed E-state index contributed by atoms with van der Waals surface area (Å²) in [6.45, 7) is 3.16. The van der Waals surface area contributed by atoms with Crippen LogP contribution in [0.4, 0.5) is 0 Å². The predicted molar refractivity (Wildman–Crippen MR) is 59.3 cm³/mol. The van der Waals surface area contributed by atoms with Gasteiger partial charge in [0.25, 0.3) is 0 Å². The Bertz CT molecular complexity index is 327. The number of likely N-dealkylation sites (tertiary alicyclic amines) is 1. The summed E-state index contributed by atoms with van der Waals surface area (Å²) >= 11 is 0. The number of carboxylic acids is 1. The average Bonchev–Trinajstić information content (AvgIpc) is 2.62. The van der Waals surface area contributed by atoms with Gasteiger partial charge in [-0.3, -0.25) is 9.59 Å². The van der Waals surface area contributed by atoms with Crippen LogP contribution in [0.3, 0.4) is 0 Å². The molecule has 6 nitrogen and oxygen atoms in total. The molecule has 96 valence electrons. The van der Waals surface area contributed by atoms with Crippen molar-refractivity contribution >= 4 is 11.9 Å². The molecule has 0 spiro atoms. The van der Waals surface area contributed by atoms with Crippen molar-refractivity contribution in [1.29, 1.82) is 0 Å². The van der Waals surface area contributed by atoms with E-state index in [0.717, 1.165) is 0 Å². The number of hydrogen-bond donors (Lipinski definition) is 3. The number of β-amino-alcohol motifs (C(OH)–C–C–N with tert-alkyl or cyclic N) is 1. The topological polar surface area (TPSA) is 89.9 Å². The first-order valence-corrected chi connectivity index (χ1v) is 5.92. The van der Waals surface area contributed by atoms with E-state index in [2.05, 4.69) is 5.32 Å². The third kappa shape index (κ3) is 2.42. The number of aliphatic hydroxyl groups excluding tert-OH is 1. The van der Waals surface area contributed by atoms with Crippen LogP contribution in [0.15, 0.2) is 0 Å². The van der Waals surface area contributed by atoms with E-state index in [1.54, 1.807) is 11.8 Å². The molecule has 0 aromatic rings. The third-order valence-electron chi connectivity index (χ3n) is 3.72. The molecule has 0 aromatic carbocycles. The van der Waals surface area contributed by atoms with Crippen molar-refractivity contribution in [1.82, 2.24) is 10.2 Å². The zero-order valence-corrected chi connectivity index (χ0v) is 9.80. The maximum atomic E-state index is 11.9. The van der Waals surface area contributed by atoms with Crippen LogP contribution in [0.1, 0.15) is 13.3 Å². The SMILES string of the molecule is CC(C(=O)O)C1CN(C(=O)C2CC(O)CN2)C1. The van der Waals surface area contributed by atoms with Crippen molar-refractivity contribution in [3.8, 4) is 0 Å². The molecule has 2 saturated heterocycles. The standard InChI is InChI=1S/C11H18N2O4/c1-6(11(16)17)7-4-13(5-7)10(15)9-2-8(14)3-12-9/h6-9,12,14H,2-5H2,1H3,(H,16,17). The van der Waals surface area contributed by atoms with Gasteiger partial charge in [-0.1, -0.05) is 6.92 Å². The molecule has 2 aliphatic heterocycles. The molecule has 0 saturated carbocycles. The molecule has 17 heavy (non-hydrogen) atoms. The van der Waals surface area contributed by atoms with Crippen molar-refractivity contribution in [3.05, 3.63) is 0 Å². The second-order valence-electron chi connectivity index (χ2n) is 4.98. The Labute approximate surface area is 99.6 Å². The number of nitrogens with one attached hydrogen (secondary N) is 1. The van der Waals surface area contributed by atoms with Gasteiger partial charge < -0.3 is 20.4 Å². The zero-order chi connectivity index (χ0) is 12.6. The number of carbonyl (C=O) groups excluding carboxylic acids is 1. The van der Waals surface area contributed by atoms with Gasteiger partial charge in [-0.25, -0.2) is 0 Å². The van der Waals surface area contributed by atoms with Crippen LogP contribution in [0, 0.1) is 11.8 Å². The van der Waals surface area contributed by atoms with E-state index in [4.69, 9.17) is 5.11 Å². The first-order chi connectivity index (χ1) is 7.99. The van der Waals surface area contributed by atoms with Gasteiger partial charge in [-0.15, -0.1) is 0 Å². The highest BCUT2D eigenvalue weighted by atomic mass is 16.4. The van der Waals surface area contributed by atoms with Crippen molar-refractivity contribution in [2.45, 2.75) is 25.5 Å². The Kier molecular flexibility index (Phi) is 3.35. The van der Waals surface area contributed by atoms with Crippen LogP contribution in [-0.2, 0) is 9.59 Å². The summed E-state index contributed by atoms with van der Waals surface area (Å²) in [5.74, 6) is -1.17. The second-order valence-corrected chi connectivity index (χ2v) is 4.98. The molecule has 0 aliphatic carbocycles. The van der Waals surface area contributed by atoms with Crippen molar-refractivity contribution in [2.24, 2.45) is 11.8 Å². The van der Waals surface area contributed by atoms with Gasteiger partial charge in [0.05, 0.1) is 18.1 Å². The van der Waals surface area contributed by atoms with E-state index in [9.17, 15) is 14.7 Å². The Morgan fingerprint density at radius 1 is 1.41 bits per heavy atom. The first-order valence-electron chi connectivity index (χ1n) is 5.92. The van der Waals surface area contributed by atoms with Crippen molar-refractivity contribution < 1.29 is 19.8 Å². The molecule has 3 atom stereocenters. The predicted octanol–water partition coefficient (Wildman–Crippen LogP) is -1.11. The van der Waals surface area contributed by atoms with Gasteiger partial charge >= 0.3 is 5.97 Å². The smallest absolute Gasteiger partial charge is 0.306 e. The Hall–Kier alpha value is -1.14. The van der Waals surface area contributed by atoms with E-state index < -0.39 is 18.0 Å². The lowest BCUT2D eigenvalue weighted by Gasteiger charge is -2.42. The molecule has 0 aromatic heterocycles. The third-order valence-corrected chi connectivity index (χ3v) is 3.72. The maximum Gasteiger partial charge on any atom is 0.306 e. The molecule has 2 heterocycles. The van der Waals surface area contributed by atoms with E-state index >= 15 is 0 Å². The Morgan fingerprint density at radius 3 is 2.53 bits per heavy atom. The van der Waals surface area contributed by atoms with E-state index in [1.807, 2.05) is 0 Å². The highest BCUT2D eigenvalue weighted by molar-refractivity contribution is 5.83. The summed E-state index contributed by atoms with van der Waals surface area (Å²) in [4.78, 5) is 24.3. The minimum atomic E-state index is -0.809. The number of amides is 1. The largest absolute Gasteiger partial charge is 0.481 e. The van der Waals surface area contributed by atoms with Gasteiger partial charge in [-0.2, -0.15) is 0 Å². The number of aliphatic carboxylic acids is 1. The van der Waals surface area contributed by atoms with Crippen LogP contribution in [0.5, 0.6) is 0 Å². The molecule has 6 heteroatoms. The first kappa shape index (κ1) is 12.3. The number of rotatable bonds is 3. The van der Waals surface area contributed by atoms with Gasteiger partial charge in [0.15, 0.2) is 0 Å². The lowest BCUT2D eigenvalue weighted by molar-refractivity contribution is -0.151. The van der Waals surface area contributed by atoms with Gasteiger partial charge in [0.1, 0.15) is 0 Å². The fraction of sp³-hybridized carbons (Fsp3) is 0.818. The monoisotopic (exact) mass is 242 g/mol. The molecule has 1 amide bonds. The minimum Gasteiger partial charge on any atom is -0.481 e. The number of carbonyl (C=O) groups is 2. The van der Waals surface area contributed by atoms with E-state index in [0.29, 0.717) is 26.1 Å². The summed E-state index contributed by atoms with van der Waals surface area (Å²) in [7, 11) is 0. The number of hydrogen-bond acceptors (Lipinski definition) is 4. The van der Waals surface area contributed by atoms with Gasteiger partial charge in [0.2, 0.25) is 5.91 Å². The second kappa shape index (κ2) is 4.62. The molecule has 0 radical (unpaired) electrons. The lowest BCUT2D eigenvalue weighted by atomic mass is 9.86. The lowest BCUT2D eigenvalue weighted by Crippen LogP contribution is -2.57. The Balaban J connectivity index is 1.79. The highest BCUT2D eigenvalue weighted by Gasteiger charge is 2.40. The summed E-state index contributed by atoms with van der Waals surface area (Å²) in [5.41, 5.74) is 0. The summed E-state index contributed by atoms with van der Waals surface area (Å²) in [6, 6.07) is -0.300. The summed E-state index contributed by atoms with van der Waals surface area (Å²) in [6.07, 6.45) is 0.00746.